The van der Waals surface area contributed by atoms with Gasteiger partial charge in [0.05, 0.1) is 27.7 Å². The van der Waals surface area contributed by atoms with Crippen LogP contribution in [0.2, 0.25) is 0 Å². The molecule has 2 aromatic rings. The van der Waals surface area contributed by atoms with Crippen LogP contribution < -0.4 is 0 Å². The molecule has 1 fully saturated rings. The summed E-state index contributed by atoms with van der Waals surface area (Å²) in [7, 11) is 0. The third kappa shape index (κ3) is 3.27. The molecule has 1 saturated heterocycles. The fraction of sp³-hybridized carbons (Fsp3) is 0.476. The molecule has 4 atom stereocenters. The first-order chi connectivity index (χ1) is 13.0. The summed E-state index contributed by atoms with van der Waals surface area (Å²) in [6.45, 7) is 7.50. The summed E-state index contributed by atoms with van der Waals surface area (Å²) in [5.41, 5.74) is 1.62. The van der Waals surface area contributed by atoms with Crippen LogP contribution in [0.3, 0.4) is 0 Å². The summed E-state index contributed by atoms with van der Waals surface area (Å²) in [5.74, 6) is 0.193. The summed E-state index contributed by atoms with van der Waals surface area (Å²) in [5, 5.41) is 0.998. The van der Waals surface area contributed by atoms with E-state index in [1.807, 2.05) is 36.9 Å². The smallest absolute Gasteiger partial charge is 0.309 e. The number of carbonyl (C=O) groups excluding carboxylic acids is 2. The van der Waals surface area contributed by atoms with E-state index in [9.17, 15) is 9.59 Å². The van der Waals surface area contributed by atoms with Crippen molar-refractivity contribution >= 4 is 33.4 Å². The van der Waals surface area contributed by atoms with Crippen molar-refractivity contribution in [2.24, 2.45) is 23.7 Å². The van der Waals surface area contributed by atoms with E-state index in [4.69, 9.17) is 4.74 Å². The molecule has 4 rings (SSSR count). The number of nitrogens with zero attached hydrogens (tertiary/aromatic N) is 2. The first kappa shape index (κ1) is 18.2. The minimum absolute atomic E-state index is 0.0287. The van der Waals surface area contributed by atoms with Gasteiger partial charge in [-0.3, -0.25) is 9.59 Å². The van der Waals surface area contributed by atoms with Gasteiger partial charge in [0.1, 0.15) is 0 Å². The second-order valence-electron chi connectivity index (χ2n) is 7.48. The molecule has 0 radical (unpaired) electrons. The predicted molar refractivity (Wildman–Crippen MR) is 106 cm³/mol. The normalized spacial score (nSPS) is 27.0. The largest absolute Gasteiger partial charge is 0.466 e. The Balaban J connectivity index is 1.56. The fourth-order valence-electron chi connectivity index (χ4n) is 4.41. The lowest BCUT2D eigenvalue weighted by Gasteiger charge is -2.31. The molecule has 0 unspecified atom stereocenters. The van der Waals surface area contributed by atoms with Gasteiger partial charge >= 0.3 is 5.97 Å². The van der Waals surface area contributed by atoms with Crippen molar-refractivity contribution in [3.8, 4) is 0 Å². The van der Waals surface area contributed by atoms with Crippen molar-refractivity contribution in [2.45, 2.75) is 20.8 Å². The zero-order valence-corrected chi connectivity index (χ0v) is 16.7. The molecule has 2 aliphatic rings. The summed E-state index contributed by atoms with van der Waals surface area (Å²) in [6.07, 6.45) is 4.27. The molecular formula is C21H24N2O3S. The monoisotopic (exact) mass is 384 g/mol. The van der Waals surface area contributed by atoms with E-state index < -0.39 is 0 Å². The van der Waals surface area contributed by atoms with Crippen LogP contribution in [0.15, 0.2) is 30.4 Å². The van der Waals surface area contributed by atoms with Gasteiger partial charge < -0.3 is 9.64 Å². The van der Waals surface area contributed by atoms with E-state index in [0.717, 1.165) is 15.2 Å². The van der Waals surface area contributed by atoms with Crippen molar-refractivity contribution in [3.05, 3.63) is 40.9 Å². The molecule has 0 N–H and O–H groups in total. The number of allylic oxidation sites excluding steroid dienone is 1. The molecule has 1 aromatic heterocycles. The Hall–Kier alpha value is -2.21. The summed E-state index contributed by atoms with van der Waals surface area (Å²) in [4.78, 5) is 31.9. The Morgan fingerprint density at radius 3 is 2.89 bits per heavy atom. The molecule has 5 nitrogen and oxygen atoms in total. The van der Waals surface area contributed by atoms with Gasteiger partial charge in [-0.2, -0.15) is 0 Å². The number of rotatable bonds is 3. The minimum atomic E-state index is -0.177. The van der Waals surface area contributed by atoms with E-state index in [0.29, 0.717) is 25.3 Å². The summed E-state index contributed by atoms with van der Waals surface area (Å²) in [6, 6.07) is 5.71. The van der Waals surface area contributed by atoms with Crippen LogP contribution in [-0.4, -0.2) is 41.5 Å². The highest BCUT2D eigenvalue weighted by Gasteiger charge is 2.46. The number of fused-ring (bicyclic) bond motifs is 2. The van der Waals surface area contributed by atoms with E-state index >= 15 is 0 Å². The van der Waals surface area contributed by atoms with Crippen LogP contribution in [0, 0.1) is 30.6 Å². The molecule has 2 heterocycles. The number of aryl methyl sites for hydroxylation is 1. The Kier molecular flexibility index (Phi) is 4.76. The summed E-state index contributed by atoms with van der Waals surface area (Å²) < 4.78 is 6.34. The van der Waals surface area contributed by atoms with Crippen LogP contribution >= 0.6 is 11.3 Å². The first-order valence-electron chi connectivity index (χ1n) is 9.49. The molecule has 0 bridgehead atoms. The van der Waals surface area contributed by atoms with Gasteiger partial charge in [-0.1, -0.05) is 19.1 Å². The minimum Gasteiger partial charge on any atom is -0.466 e. The first-order valence-corrected chi connectivity index (χ1v) is 10.3. The molecule has 1 aliphatic carbocycles. The van der Waals surface area contributed by atoms with Crippen LogP contribution in [0.5, 0.6) is 0 Å². The van der Waals surface area contributed by atoms with Crippen LogP contribution in [0.25, 0.3) is 10.2 Å². The number of thiazole rings is 1. The van der Waals surface area contributed by atoms with Gasteiger partial charge in [0.15, 0.2) is 0 Å². The van der Waals surface area contributed by atoms with E-state index in [1.165, 1.54) is 0 Å². The second-order valence-corrected chi connectivity index (χ2v) is 8.71. The molecule has 27 heavy (non-hydrogen) atoms. The Bertz CT molecular complexity index is 919. The molecular weight excluding hydrogens is 360 g/mol. The van der Waals surface area contributed by atoms with E-state index in [1.54, 1.807) is 11.3 Å². The van der Waals surface area contributed by atoms with Gasteiger partial charge in [-0.15, -0.1) is 11.3 Å². The van der Waals surface area contributed by atoms with Crippen molar-refractivity contribution in [1.82, 2.24) is 9.88 Å². The van der Waals surface area contributed by atoms with Gasteiger partial charge in [0.2, 0.25) is 0 Å². The van der Waals surface area contributed by atoms with Crippen LogP contribution in [0.1, 0.15) is 29.2 Å². The SMILES string of the molecule is CCOC(=O)[C@@H]1[C@H]2CN(C(=O)c3ccc4nc(C)sc4c3)C[C@@H]2C=C[C@@H]1C. The van der Waals surface area contributed by atoms with Crippen molar-refractivity contribution < 1.29 is 14.3 Å². The number of hydrogen-bond donors (Lipinski definition) is 0. The Morgan fingerprint density at radius 1 is 1.30 bits per heavy atom. The topological polar surface area (TPSA) is 59.5 Å². The average Bonchev–Trinajstić information content (AvgIpc) is 3.22. The lowest BCUT2D eigenvalue weighted by atomic mass is 9.72. The van der Waals surface area contributed by atoms with Gasteiger partial charge in [-0.25, -0.2) is 4.98 Å². The van der Waals surface area contributed by atoms with E-state index in [2.05, 4.69) is 24.1 Å². The Morgan fingerprint density at radius 2 is 2.11 bits per heavy atom. The van der Waals surface area contributed by atoms with Crippen LogP contribution in [-0.2, 0) is 9.53 Å². The molecule has 1 aromatic carbocycles. The maximum absolute atomic E-state index is 13.1. The van der Waals surface area contributed by atoms with Crippen LogP contribution in [0.4, 0.5) is 0 Å². The zero-order valence-electron chi connectivity index (χ0n) is 15.8. The third-order valence-corrected chi connectivity index (χ3v) is 6.62. The maximum Gasteiger partial charge on any atom is 0.309 e. The molecule has 1 aliphatic heterocycles. The predicted octanol–water partition coefficient (Wildman–Crippen LogP) is 3.68. The number of esters is 1. The van der Waals surface area contributed by atoms with Gasteiger partial charge in [0, 0.05) is 18.7 Å². The number of hydrogen-bond acceptors (Lipinski definition) is 5. The average molecular weight is 385 g/mol. The maximum atomic E-state index is 13.1. The molecule has 142 valence electrons. The molecule has 0 saturated carbocycles. The van der Waals surface area contributed by atoms with Gasteiger partial charge in [-0.05, 0) is 49.8 Å². The Labute approximate surface area is 163 Å². The number of amides is 1. The van der Waals surface area contributed by atoms with Crippen molar-refractivity contribution in [3.63, 3.8) is 0 Å². The molecule has 6 heteroatoms. The van der Waals surface area contributed by atoms with Crippen molar-refractivity contribution in [2.75, 3.05) is 19.7 Å². The second kappa shape index (κ2) is 7.08. The summed E-state index contributed by atoms with van der Waals surface area (Å²) >= 11 is 1.60. The highest BCUT2D eigenvalue weighted by Crippen LogP contribution is 2.40. The number of ether oxygens (including phenoxy) is 1. The standard InChI is InChI=1S/C21H24N2O3S/c1-4-26-21(25)19-12(2)5-6-15-10-23(11-16(15)19)20(24)14-7-8-17-18(9-14)27-13(3)22-17/h5-9,12,15-16,19H,4,10-11H2,1-3H3/t12-,15-,16-,19-/m0/s1. The lowest BCUT2D eigenvalue weighted by Crippen LogP contribution is -2.37. The molecule has 1 amide bonds. The highest BCUT2D eigenvalue weighted by molar-refractivity contribution is 7.18. The highest BCUT2D eigenvalue weighted by atomic mass is 32.1. The molecule has 0 spiro atoms. The zero-order chi connectivity index (χ0) is 19.1. The number of benzene rings is 1. The van der Waals surface area contributed by atoms with Gasteiger partial charge in [0.25, 0.3) is 5.91 Å². The van der Waals surface area contributed by atoms with Crippen molar-refractivity contribution in [1.29, 1.82) is 0 Å². The quantitative estimate of drug-likeness (QED) is 0.598. The number of carbonyl (C=O) groups is 2. The third-order valence-electron chi connectivity index (χ3n) is 5.69. The van der Waals surface area contributed by atoms with E-state index in [-0.39, 0.29) is 35.5 Å². The number of likely N-dealkylation sites (tertiary alicyclic amines) is 1. The fourth-order valence-corrected chi connectivity index (χ4v) is 5.28. The number of aromatic nitrogens is 1. The lowest BCUT2D eigenvalue weighted by molar-refractivity contribution is -0.152.